The number of carbonyl (C=O) groups excluding carboxylic acids is 1. The van der Waals surface area contributed by atoms with Crippen molar-refractivity contribution in [1.82, 2.24) is 5.32 Å². The Labute approximate surface area is 113 Å². The minimum Gasteiger partial charge on any atom is -0.492 e. The van der Waals surface area contributed by atoms with Gasteiger partial charge in [0.1, 0.15) is 18.3 Å². The van der Waals surface area contributed by atoms with Gasteiger partial charge in [-0.3, -0.25) is 4.79 Å². The van der Waals surface area contributed by atoms with Gasteiger partial charge in [-0.15, -0.1) is 0 Å². The van der Waals surface area contributed by atoms with Crippen molar-refractivity contribution in [3.63, 3.8) is 0 Å². The van der Waals surface area contributed by atoms with Gasteiger partial charge in [-0.1, -0.05) is 31.0 Å². The maximum atomic E-state index is 12.4. The van der Waals surface area contributed by atoms with Crippen LogP contribution in [-0.2, 0) is 4.79 Å². The van der Waals surface area contributed by atoms with E-state index in [1.807, 2.05) is 24.3 Å². The molecule has 2 aliphatic rings. The van der Waals surface area contributed by atoms with Crippen molar-refractivity contribution in [2.45, 2.75) is 43.7 Å². The van der Waals surface area contributed by atoms with E-state index in [2.05, 4.69) is 5.32 Å². The molecule has 3 unspecified atom stereocenters. The lowest BCUT2D eigenvalue weighted by atomic mass is 9.90. The average Bonchev–Trinajstić information content (AvgIpc) is 2.85. The number of nitrogens with two attached hydrogens (primary N) is 1. The van der Waals surface area contributed by atoms with Crippen molar-refractivity contribution in [3.05, 3.63) is 29.8 Å². The zero-order valence-corrected chi connectivity index (χ0v) is 11.0. The first-order valence-corrected chi connectivity index (χ1v) is 7.03. The summed E-state index contributed by atoms with van der Waals surface area (Å²) in [5, 5.41) is 3.11. The molecule has 19 heavy (non-hydrogen) atoms. The molecule has 102 valence electrons. The molecule has 3 rings (SSSR count). The summed E-state index contributed by atoms with van der Waals surface area (Å²) in [6.45, 7) is 0.438. The minimum atomic E-state index is -0.190. The fourth-order valence-electron chi connectivity index (χ4n) is 3.00. The largest absolute Gasteiger partial charge is 0.492 e. The molecule has 1 saturated carbocycles. The van der Waals surface area contributed by atoms with Gasteiger partial charge in [0.15, 0.2) is 0 Å². The van der Waals surface area contributed by atoms with Gasteiger partial charge in [0.25, 0.3) is 0 Å². The number of hydrogen-bond donors (Lipinski definition) is 2. The highest BCUT2D eigenvalue weighted by Gasteiger charge is 2.32. The van der Waals surface area contributed by atoms with Crippen LogP contribution in [0.4, 0.5) is 0 Å². The zero-order chi connectivity index (χ0) is 13.2. The predicted octanol–water partition coefficient (Wildman–Crippen LogP) is 1.55. The van der Waals surface area contributed by atoms with Crippen molar-refractivity contribution >= 4 is 5.91 Å². The van der Waals surface area contributed by atoms with E-state index in [9.17, 15) is 4.79 Å². The van der Waals surface area contributed by atoms with Crippen LogP contribution in [0.5, 0.6) is 5.75 Å². The Morgan fingerprint density at radius 2 is 2.05 bits per heavy atom. The van der Waals surface area contributed by atoms with E-state index in [1.54, 1.807) is 0 Å². The molecule has 0 aromatic heterocycles. The SMILES string of the molecule is NC1CCCCC1NC(=O)C1COc2ccccc21. The molecule has 4 nitrogen and oxygen atoms in total. The third-order valence-corrected chi connectivity index (χ3v) is 4.16. The molecule has 0 bridgehead atoms. The zero-order valence-electron chi connectivity index (χ0n) is 11.0. The number of fused-ring (bicyclic) bond motifs is 1. The van der Waals surface area contributed by atoms with Crippen LogP contribution < -0.4 is 15.8 Å². The number of hydrogen-bond acceptors (Lipinski definition) is 3. The fourth-order valence-corrected chi connectivity index (χ4v) is 3.00. The molecular formula is C15H20N2O2. The third-order valence-electron chi connectivity index (χ3n) is 4.16. The quantitative estimate of drug-likeness (QED) is 0.848. The molecule has 4 heteroatoms. The van der Waals surface area contributed by atoms with Crippen LogP contribution in [0.3, 0.4) is 0 Å². The Morgan fingerprint density at radius 1 is 1.26 bits per heavy atom. The van der Waals surface area contributed by atoms with Crippen molar-refractivity contribution in [3.8, 4) is 5.75 Å². The summed E-state index contributed by atoms with van der Waals surface area (Å²) in [5.74, 6) is 0.688. The number of rotatable bonds is 2. The second kappa shape index (κ2) is 5.21. The molecule has 1 heterocycles. The van der Waals surface area contributed by atoms with E-state index < -0.39 is 0 Å². The van der Waals surface area contributed by atoms with Crippen molar-refractivity contribution in [1.29, 1.82) is 0 Å². The topological polar surface area (TPSA) is 64.3 Å². The Morgan fingerprint density at radius 3 is 2.89 bits per heavy atom. The van der Waals surface area contributed by atoms with Crippen molar-refractivity contribution in [2.24, 2.45) is 5.73 Å². The number of nitrogens with one attached hydrogen (secondary N) is 1. The van der Waals surface area contributed by atoms with Crippen LogP contribution in [0.1, 0.15) is 37.2 Å². The minimum absolute atomic E-state index is 0.0484. The summed E-state index contributed by atoms with van der Waals surface area (Å²) >= 11 is 0. The molecule has 0 spiro atoms. The highest BCUT2D eigenvalue weighted by atomic mass is 16.5. The molecule has 0 saturated heterocycles. The molecule has 1 aromatic rings. The van der Waals surface area contributed by atoms with Gasteiger partial charge in [-0.05, 0) is 18.9 Å². The van der Waals surface area contributed by atoms with E-state index in [0.29, 0.717) is 6.61 Å². The Bertz CT molecular complexity index is 475. The lowest BCUT2D eigenvalue weighted by molar-refractivity contribution is -0.123. The van der Waals surface area contributed by atoms with E-state index in [4.69, 9.17) is 10.5 Å². The Hall–Kier alpha value is -1.55. The molecule has 1 amide bonds. The van der Waals surface area contributed by atoms with Gasteiger partial charge in [-0.25, -0.2) is 0 Å². The van der Waals surface area contributed by atoms with Crippen molar-refractivity contribution in [2.75, 3.05) is 6.61 Å². The molecule has 1 aliphatic carbocycles. The molecular weight excluding hydrogens is 240 g/mol. The number of amides is 1. The van der Waals surface area contributed by atoms with E-state index >= 15 is 0 Å². The molecule has 0 radical (unpaired) electrons. The second-order valence-electron chi connectivity index (χ2n) is 5.46. The summed E-state index contributed by atoms with van der Waals surface area (Å²) < 4.78 is 5.56. The lowest BCUT2D eigenvalue weighted by Crippen LogP contribution is -2.50. The highest BCUT2D eigenvalue weighted by molar-refractivity contribution is 5.85. The molecule has 1 fully saturated rings. The average molecular weight is 260 g/mol. The smallest absolute Gasteiger partial charge is 0.231 e. The summed E-state index contributed by atoms with van der Waals surface area (Å²) in [6.07, 6.45) is 4.31. The highest BCUT2D eigenvalue weighted by Crippen LogP contribution is 2.33. The second-order valence-corrected chi connectivity index (χ2v) is 5.46. The maximum Gasteiger partial charge on any atom is 0.231 e. The fraction of sp³-hybridized carbons (Fsp3) is 0.533. The van der Waals surface area contributed by atoms with Gasteiger partial charge in [0.05, 0.1) is 0 Å². The van der Waals surface area contributed by atoms with Crippen LogP contribution in [0.2, 0.25) is 0 Å². The Balaban J connectivity index is 1.68. The first kappa shape index (κ1) is 12.5. The first-order valence-electron chi connectivity index (χ1n) is 7.03. The number of para-hydroxylation sites is 1. The van der Waals surface area contributed by atoms with Gasteiger partial charge in [0, 0.05) is 17.6 Å². The van der Waals surface area contributed by atoms with Crippen molar-refractivity contribution < 1.29 is 9.53 Å². The van der Waals surface area contributed by atoms with Crippen LogP contribution in [-0.4, -0.2) is 24.6 Å². The lowest BCUT2D eigenvalue weighted by Gasteiger charge is -2.30. The van der Waals surface area contributed by atoms with E-state index in [0.717, 1.165) is 30.6 Å². The summed E-state index contributed by atoms with van der Waals surface area (Å²) in [7, 11) is 0. The van der Waals surface area contributed by atoms with E-state index in [-0.39, 0.29) is 23.9 Å². The summed E-state index contributed by atoms with van der Waals surface area (Å²) in [5.41, 5.74) is 7.06. The van der Waals surface area contributed by atoms with Gasteiger partial charge >= 0.3 is 0 Å². The Kier molecular flexibility index (Phi) is 3.42. The first-order chi connectivity index (χ1) is 9.25. The summed E-state index contributed by atoms with van der Waals surface area (Å²) in [6, 6.07) is 7.96. The summed E-state index contributed by atoms with van der Waals surface area (Å²) in [4.78, 5) is 12.4. The van der Waals surface area contributed by atoms with Gasteiger partial charge < -0.3 is 15.8 Å². The normalized spacial score (nSPS) is 29.4. The molecule has 3 atom stereocenters. The van der Waals surface area contributed by atoms with Gasteiger partial charge in [-0.2, -0.15) is 0 Å². The van der Waals surface area contributed by atoms with Crippen LogP contribution in [0.15, 0.2) is 24.3 Å². The molecule has 1 aromatic carbocycles. The third kappa shape index (κ3) is 2.45. The number of carbonyl (C=O) groups is 1. The van der Waals surface area contributed by atoms with Crippen LogP contribution in [0.25, 0.3) is 0 Å². The monoisotopic (exact) mass is 260 g/mol. The molecule has 3 N–H and O–H groups in total. The molecule has 1 aliphatic heterocycles. The number of ether oxygens (including phenoxy) is 1. The van der Waals surface area contributed by atoms with E-state index in [1.165, 1.54) is 6.42 Å². The predicted molar refractivity (Wildman–Crippen MR) is 73.1 cm³/mol. The van der Waals surface area contributed by atoms with Crippen LogP contribution >= 0.6 is 0 Å². The maximum absolute atomic E-state index is 12.4. The van der Waals surface area contributed by atoms with Gasteiger partial charge in [0.2, 0.25) is 5.91 Å². The number of benzene rings is 1. The standard InChI is InChI=1S/C15H20N2O2/c16-12-6-2-3-7-13(12)17-15(18)11-9-19-14-8-4-1-5-10(11)14/h1,4-5,8,11-13H,2-3,6-7,9,16H2,(H,17,18). The van der Waals surface area contributed by atoms with Crippen LogP contribution in [0, 0.1) is 0 Å².